The molecule has 3 aromatic carbocycles. The van der Waals surface area contributed by atoms with Gasteiger partial charge in [0.1, 0.15) is 5.39 Å². The predicted molar refractivity (Wildman–Crippen MR) is 166 cm³/mol. The van der Waals surface area contributed by atoms with Crippen LogP contribution >= 0.6 is 23.2 Å². The number of benzene rings is 3. The van der Waals surface area contributed by atoms with E-state index in [1.54, 1.807) is 23.0 Å². The summed E-state index contributed by atoms with van der Waals surface area (Å²) in [6.45, 7) is 8.00. The fourth-order valence-electron chi connectivity index (χ4n) is 5.10. The first-order chi connectivity index (χ1) is 19.2. The number of aromatic amines is 1. The molecule has 0 radical (unpaired) electrons. The highest BCUT2D eigenvalue weighted by Crippen LogP contribution is 2.36. The number of aromatic nitrogens is 4. The number of nitrogens with one attached hydrogen (secondary N) is 2. The molecule has 0 amide bonds. The van der Waals surface area contributed by atoms with Crippen LogP contribution in [-0.2, 0) is 17.5 Å². The average molecular weight is 593 g/mol. The van der Waals surface area contributed by atoms with Crippen molar-refractivity contribution >= 4 is 58.9 Å². The third-order valence-electron chi connectivity index (χ3n) is 6.99. The van der Waals surface area contributed by atoms with Crippen LogP contribution in [-0.4, -0.2) is 34.7 Å². The first kappa shape index (κ1) is 28.1. The van der Waals surface area contributed by atoms with Crippen molar-refractivity contribution in [3.8, 4) is 0 Å². The van der Waals surface area contributed by atoms with Gasteiger partial charge in [0.05, 0.1) is 29.4 Å². The summed E-state index contributed by atoms with van der Waals surface area (Å²) in [5.41, 5.74) is 1.14. The molecule has 2 N–H and O–H groups in total. The van der Waals surface area contributed by atoms with Gasteiger partial charge in [0.2, 0.25) is 5.95 Å². The van der Waals surface area contributed by atoms with Crippen LogP contribution in [0.3, 0.4) is 0 Å². The van der Waals surface area contributed by atoms with Gasteiger partial charge in [-0.3, -0.25) is 9.78 Å². The molecule has 0 aliphatic heterocycles. The molecule has 206 valence electrons. The standard InChI is InChI=1S/C30H31Cl2N5O2Si/c1-30(2,3)40(22-10-6-4-7-11-22,23-12-8-5-9-13-23)39-17-16-37-27-24(20-34-37)28(38)36-29(35-27)33-19-21-14-15-25(31)26(32)18-21/h4-15,18,20H,16-17,19H2,1-3H3,(H2,33,35,36,38). The van der Waals surface area contributed by atoms with E-state index >= 15 is 0 Å². The summed E-state index contributed by atoms with van der Waals surface area (Å²) in [6, 6.07) is 26.4. The lowest BCUT2D eigenvalue weighted by molar-refractivity contribution is 0.276. The van der Waals surface area contributed by atoms with E-state index in [0.717, 1.165) is 5.56 Å². The van der Waals surface area contributed by atoms with Gasteiger partial charge in [-0.2, -0.15) is 10.1 Å². The smallest absolute Gasteiger partial charge is 0.263 e. The van der Waals surface area contributed by atoms with E-state index < -0.39 is 8.32 Å². The molecule has 0 aliphatic carbocycles. The Morgan fingerprint density at radius 3 is 2.20 bits per heavy atom. The third-order valence-corrected chi connectivity index (χ3v) is 12.8. The van der Waals surface area contributed by atoms with Gasteiger partial charge in [-0.05, 0) is 33.1 Å². The van der Waals surface area contributed by atoms with Crippen LogP contribution in [0.15, 0.2) is 89.9 Å². The summed E-state index contributed by atoms with van der Waals surface area (Å²) in [5.74, 6) is 0.346. The van der Waals surface area contributed by atoms with Crippen LogP contribution < -0.4 is 21.2 Å². The Labute approximate surface area is 244 Å². The van der Waals surface area contributed by atoms with Crippen molar-refractivity contribution in [2.24, 2.45) is 0 Å². The number of hydrogen-bond acceptors (Lipinski definition) is 5. The largest absolute Gasteiger partial charge is 0.406 e. The lowest BCUT2D eigenvalue weighted by atomic mass is 10.2. The zero-order valence-electron chi connectivity index (χ0n) is 22.6. The maximum atomic E-state index is 12.8. The summed E-state index contributed by atoms with van der Waals surface area (Å²) >= 11 is 12.2. The molecular weight excluding hydrogens is 561 g/mol. The Hall–Kier alpha value is -3.43. The SMILES string of the molecule is CC(C)(C)[Si](OCCn1ncc2c(=O)[nH]c(NCc3ccc(Cl)c(Cl)c3)nc21)(c1ccccc1)c1ccccc1. The van der Waals surface area contributed by atoms with Crippen molar-refractivity contribution in [1.29, 1.82) is 0 Å². The van der Waals surface area contributed by atoms with Gasteiger partial charge in [-0.1, -0.05) is 111 Å². The van der Waals surface area contributed by atoms with Gasteiger partial charge in [0, 0.05) is 6.54 Å². The van der Waals surface area contributed by atoms with Gasteiger partial charge in [-0.25, -0.2) is 4.68 Å². The Morgan fingerprint density at radius 2 is 1.60 bits per heavy atom. The minimum absolute atomic E-state index is 0.140. The number of anilines is 1. The molecule has 2 aromatic heterocycles. The van der Waals surface area contributed by atoms with Crippen LogP contribution in [0.2, 0.25) is 15.1 Å². The second-order valence-corrected chi connectivity index (χ2v) is 15.8. The lowest BCUT2D eigenvalue weighted by Gasteiger charge is -2.43. The minimum atomic E-state index is -2.69. The number of hydrogen-bond donors (Lipinski definition) is 2. The summed E-state index contributed by atoms with van der Waals surface area (Å²) in [4.78, 5) is 20.3. The molecule has 0 atom stereocenters. The Morgan fingerprint density at radius 1 is 0.950 bits per heavy atom. The number of rotatable bonds is 9. The highest BCUT2D eigenvalue weighted by atomic mass is 35.5. The van der Waals surface area contributed by atoms with Gasteiger partial charge in [0.15, 0.2) is 5.65 Å². The van der Waals surface area contributed by atoms with Crippen molar-refractivity contribution in [3.05, 3.63) is 111 Å². The minimum Gasteiger partial charge on any atom is -0.406 e. The fourth-order valence-corrected chi connectivity index (χ4v) is 9.97. The molecule has 0 saturated carbocycles. The van der Waals surface area contributed by atoms with Crippen molar-refractivity contribution in [1.82, 2.24) is 19.7 Å². The first-order valence-electron chi connectivity index (χ1n) is 13.1. The predicted octanol–water partition coefficient (Wildman–Crippen LogP) is 5.62. The summed E-state index contributed by atoms with van der Waals surface area (Å²) in [7, 11) is -2.69. The number of halogens is 2. The van der Waals surface area contributed by atoms with E-state index in [9.17, 15) is 4.79 Å². The van der Waals surface area contributed by atoms with Gasteiger partial charge < -0.3 is 9.74 Å². The molecule has 2 heterocycles. The van der Waals surface area contributed by atoms with E-state index in [-0.39, 0.29) is 10.6 Å². The lowest BCUT2D eigenvalue weighted by Crippen LogP contribution is -2.66. The Balaban J connectivity index is 1.41. The second-order valence-electron chi connectivity index (χ2n) is 10.6. The number of nitrogens with zero attached hydrogens (tertiary/aromatic N) is 3. The van der Waals surface area contributed by atoms with Crippen LogP contribution in [0.4, 0.5) is 5.95 Å². The van der Waals surface area contributed by atoms with Gasteiger partial charge in [-0.15, -0.1) is 0 Å². The molecule has 0 saturated heterocycles. The van der Waals surface area contributed by atoms with E-state index in [2.05, 4.69) is 89.7 Å². The van der Waals surface area contributed by atoms with E-state index in [4.69, 9.17) is 27.6 Å². The van der Waals surface area contributed by atoms with Gasteiger partial charge >= 0.3 is 0 Å². The first-order valence-corrected chi connectivity index (χ1v) is 15.7. The Bertz CT molecular complexity index is 1630. The molecule has 10 heteroatoms. The molecule has 0 fully saturated rings. The molecule has 7 nitrogen and oxygen atoms in total. The molecule has 0 aliphatic rings. The highest BCUT2D eigenvalue weighted by molar-refractivity contribution is 6.99. The monoisotopic (exact) mass is 591 g/mol. The number of fused-ring (bicyclic) bond motifs is 1. The van der Waals surface area contributed by atoms with E-state index in [1.165, 1.54) is 10.4 Å². The van der Waals surface area contributed by atoms with Crippen LogP contribution in [0.25, 0.3) is 11.0 Å². The summed E-state index contributed by atoms with van der Waals surface area (Å²) in [5, 5.41) is 11.3. The van der Waals surface area contributed by atoms with Crippen LogP contribution in [0.1, 0.15) is 26.3 Å². The molecule has 0 unspecified atom stereocenters. The van der Waals surface area contributed by atoms with Crippen LogP contribution in [0, 0.1) is 0 Å². The molecule has 5 aromatic rings. The Kier molecular flexibility index (Phi) is 8.14. The average Bonchev–Trinajstić information content (AvgIpc) is 3.35. The van der Waals surface area contributed by atoms with E-state index in [0.29, 0.717) is 46.7 Å². The second kappa shape index (κ2) is 11.6. The number of H-pyrrole nitrogens is 1. The van der Waals surface area contributed by atoms with Crippen molar-refractivity contribution in [2.75, 3.05) is 11.9 Å². The molecule has 0 spiro atoms. The highest BCUT2D eigenvalue weighted by Gasteiger charge is 2.50. The maximum Gasteiger partial charge on any atom is 0.263 e. The third kappa shape index (κ3) is 5.58. The normalized spacial score (nSPS) is 12.1. The fraction of sp³-hybridized carbons (Fsp3) is 0.233. The molecule has 5 rings (SSSR count). The zero-order chi connectivity index (χ0) is 28.3. The topological polar surface area (TPSA) is 84.8 Å². The quantitative estimate of drug-likeness (QED) is 0.217. The van der Waals surface area contributed by atoms with Crippen LogP contribution in [0.5, 0.6) is 0 Å². The van der Waals surface area contributed by atoms with Crippen molar-refractivity contribution < 1.29 is 4.43 Å². The maximum absolute atomic E-state index is 12.8. The molecule has 40 heavy (non-hydrogen) atoms. The summed E-state index contributed by atoms with van der Waals surface area (Å²) < 4.78 is 8.73. The molecule has 0 bridgehead atoms. The summed E-state index contributed by atoms with van der Waals surface area (Å²) in [6.07, 6.45) is 1.55. The van der Waals surface area contributed by atoms with E-state index in [1.807, 2.05) is 18.2 Å². The molecular formula is C30H31Cl2N5O2Si. The zero-order valence-corrected chi connectivity index (χ0v) is 25.1. The van der Waals surface area contributed by atoms with Crippen molar-refractivity contribution in [2.45, 2.75) is 38.9 Å². The van der Waals surface area contributed by atoms with Gasteiger partial charge in [0.25, 0.3) is 13.9 Å². The van der Waals surface area contributed by atoms with Crippen molar-refractivity contribution in [3.63, 3.8) is 0 Å².